The molecular weight excluding hydrogens is 331 g/mol. The van der Waals surface area contributed by atoms with Crippen LogP contribution in [0.3, 0.4) is 0 Å². The zero-order chi connectivity index (χ0) is 14.0. The molecule has 0 spiro atoms. The molecule has 1 unspecified atom stereocenters. The van der Waals surface area contributed by atoms with Gasteiger partial charge >= 0.3 is 107 Å². The molecule has 1 aromatic carbocycles. The Labute approximate surface area is 121 Å². The second kappa shape index (κ2) is 10.4. The van der Waals surface area contributed by atoms with Crippen LogP contribution in [0, 0.1) is 0 Å². The summed E-state index contributed by atoms with van der Waals surface area (Å²) in [4.78, 5) is 10.8. The van der Waals surface area contributed by atoms with Gasteiger partial charge in [-0.05, 0) is 0 Å². The number of carboxylic acid groups (broad SMARTS) is 1. The number of aromatic carboxylic acids is 1. The molecule has 0 aliphatic rings. The third-order valence-corrected chi connectivity index (χ3v) is 6.58. The Morgan fingerprint density at radius 2 is 2.06 bits per heavy atom. The average molecular weight is 355 g/mol. The Hall–Kier alpha value is -0.511. The minimum absolute atomic E-state index is 0.432. The molecule has 0 bridgehead atoms. The van der Waals surface area contributed by atoms with Crippen molar-refractivity contribution in [2.24, 2.45) is 0 Å². The van der Waals surface area contributed by atoms with Crippen molar-refractivity contribution in [3.63, 3.8) is 0 Å². The summed E-state index contributed by atoms with van der Waals surface area (Å²) in [5, 5.41) is 8.90. The van der Waals surface area contributed by atoms with E-state index in [-0.39, 0.29) is 0 Å². The predicted molar refractivity (Wildman–Crippen MR) is 79.1 cm³/mol. The normalized spacial score (nSPS) is 11.3. The minimum atomic E-state index is -0.817. The molecule has 1 atom stereocenters. The quantitative estimate of drug-likeness (QED) is 0.790. The van der Waals surface area contributed by atoms with Crippen molar-refractivity contribution in [1.29, 1.82) is 0 Å². The van der Waals surface area contributed by atoms with E-state index in [1.165, 1.54) is 22.8 Å². The Balaban J connectivity index is 0.00000137. The maximum atomic E-state index is 10.8. The van der Waals surface area contributed by atoms with Crippen LogP contribution in [-0.2, 0) is 0 Å². The third-order valence-electron chi connectivity index (χ3n) is 2.51. The summed E-state index contributed by atoms with van der Waals surface area (Å²) in [6, 6.07) is 7.48. The molecule has 3 heteroatoms. The zero-order valence-electron chi connectivity index (χ0n) is 11.9. The molecule has 0 aliphatic heterocycles. The molecule has 0 amide bonds. The molecule has 1 aromatic rings. The fourth-order valence-electron chi connectivity index (χ4n) is 1.61. The van der Waals surface area contributed by atoms with Gasteiger partial charge in [-0.1, -0.05) is 13.8 Å². The van der Waals surface area contributed by atoms with Crippen LogP contribution in [0.1, 0.15) is 57.3 Å². The van der Waals surface area contributed by atoms with E-state index in [1.807, 2.05) is 26.0 Å². The second-order valence-corrected chi connectivity index (χ2v) is 9.36. The van der Waals surface area contributed by atoms with Crippen LogP contribution < -0.4 is 3.58 Å². The van der Waals surface area contributed by atoms with Crippen molar-refractivity contribution < 1.29 is 9.90 Å². The van der Waals surface area contributed by atoms with Gasteiger partial charge in [0.15, 0.2) is 0 Å². The molecule has 0 aromatic heterocycles. The monoisotopic (exact) mass is 356 g/mol. The number of unbranched alkanes of at least 4 members (excludes halogenated alkanes) is 1. The summed E-state index contributed by atoms with van der Waals surface area (Å²) >= 11 is -0.615. The van der Waals surface area contributed by atoms with E-state index in [2.05, 4.69) is 19.9 Å². The summed E-state index contributed by atoms with van der Waals surface area (Å²) in [6.45, 7) is 8.51. The van der Waals surface area contributed by atoms with E-state index in [4.69, 9.17) is 5.11 Å². The molecule has 0 saturated heterocycles. The van der Waals surface area contributed by atoms with Crippen molar-refractivity contribution in [2.75, 3.05) is 0 Å². The standard InChI is InChI=1S/C7H5O2.C6H13.C2H6.Sn/c8-7(9)6-4-2-1-3-5-6;1-3-5-6-4-2;1-2;/h1-2,4-5H,(H,8,9);3H,4-6H2,1-2H3;1-2H3;. The number of benzene rings is 1. The zero-order valence-corrected chi connectivity index (χ0v) is 14.7. The molecule has 1 N–H and O–H groups in total. The average Bonchev–Trinajstić information content (AvgIpc) is 2.39. The molecule has 0 fully saturated rings. The van der Waals surface area contributed by atoms with Gasteiger partial charge in [-0.2, -0.15) is 0 Å². The molecule has 2 radical (unpaired) electrons. The number of hydrogen-bond donors (Lipinski definition) is 1. The maximum absolute atomic E-state index is 10.8. The molecule has 1 rings (SSSR count). The van der Waals surface area contributed by atoms with Crippen LogP contribution in [-0.4, -0.2) is 32.2 Å². The molecular formula is C15H24O2Sn. The molecule has 0 aliphatic carbocycles. The van der Waals surface area contributed by atoms with Crippen LogP contribution in [0.25, 0.3) is 0 Å². The van der Waals surface area contributed by atoms with E-state index in [9.17, 15) is 4.79 Å². The summed E-state index contributed by atoms with van der Waals surface area (Å²) in [7, 11) is 0. The van der Waals surface area contributed by atoms with Gasteiger partial charge in [0.2, 0.25) is 0 Å². The van der Waals surface area contributed by atoms with Crippen molar-refractivity contribution >= 4 is 30.7 Å². The predicted octanol–water partition coefficient (Wildman–Crippen LogP) is 3.74. The first-order valence-corrected chi connectivity index (χ1v) is 9.81. The van der Waals surface area contributed by atoms with Gasteiger partial charge in [-0.15, -0.1) is 0 Å². The molecule has 0 heterocycles. The molecule has 18 heavy (non-hydrogen) atoms. The first-order valence-electron chi connectivity index (χ1n) is 6.73. The summed E-state index contributed by atoms with van der Waals surface area (Å²) < 4.78 is 2.10. The van der Waals surface area contributed by atoms with Gasteiger partial charge in [-0.25, -0.2) is 0 Å². The van der Waals surface area contributed by atoms with Gasteiger partial charge in [0.1, 0.15) is 0 Å². The summed E-state index contributed by atoms with van der Waals surface area (Å²) in [5.74, 6) is -0.817. The van der Waals surface area contributed by atoms with E-state index < -0.39 is 27.1 Å². The summed E-state index contributed by atoms with van der Waals surface area (Å²) in [5.41, 5.74) is 0.432. The van der Waals surface area contributed by atoms with E-state index >= 15 is 0 Å². The number of carbonyl (C=O) groups is 1. The molecule has 0 saturated carbocycles. The molecule has 2 nitrogen and oxygen atoms in total. The second-order valence-electron chi connectivity index (χ2n) is 4.07. The van der Waals surface area contributed by atoms with E-state index in [0.717, 1.165) is 3.93 Å². The van der Waals surface area contributed by atoms with Gasteiger partial charge in [0, 0.05) is 0 Å². The van der Waals surface area contributed by atoms with Crippen LogP contribution in [0.4, 0.5) is 0 Å². The van der Waals surface area contributed by atoms with E-state index in [0.29, 0.717) is 5.56 Å². The number of carboxylic acids is 1. The van der Waals surface area contributed by atoms with Gasteiger partial charge in [0.05, 0.1) is 0 Å². The fraction of sp³-hybridized carbons (Fsp3) is 0.533. The van der Waals surface area contributed by atoms with Gasteiger partial charge in [-0.3, -0.25) is 0 Å². The first kappa shape index (κ1) is 17.5. The van der Waals surface area contributed by atoms with Gasteiger partial charge < -0.3 is 0 Å². The van der Waals surface area contributed by atoms with Crippen molar-refractivity contribution in [3.8, 4) is 0 Å². The number of hydrogen-bond acceptors (Lipinski definition) is 1. The Morgan fingerprint density at radius 3 is 2.61 bits per heavy atom. The fourth-order valence-corrected chi connectivity index (χ4v) is 5.46. The van der Waals surface area contributed by atoms with E-state index in [1.54, 1.807) is 6.07 Å². The Kier molecular flexibility index (Phi) is 10.1. The van der Waals surface area contributed by atoms with Crippen LogP contribution in [0.2, 0.25) is 3.93 Å². The Morgan fingerprint density at radius 1 is 1.39 bits per heavy atom. The van der Waals surface area contributed by atoms with Crippen molar-refractivity contribution in [2.45, 2.75) is 50.9 Å². The van der Waals surface area contributed by atoms with Crippen LogP contribution >= 0.6 is 0 Å². The summed E-state index contributed by atoms with van der Waals surface area (Å²) in [6.07, 6.45) is 3.83. The Bertz CT molecular complexity index is 350. The van der Waals surface area contributed by atoms with Gasteiger partial charge in [0.25, 0.3) is 0 Å². The first-order chi connectivity index (χ1) is 8.63. The van der Waals surface area contributed by atoms with Crippen LogP contribution in [0.5, 0.6) is 0 Å². The third kappa shape index (κ3) is 7.04. The SMILES string of the molecule is CC.CCCC[CH](C)[Sn][c]1cccc(C(=O)O)c1. The topological polar surface area (TPSA) is 37.3 Å². The van der Waals surface area contributed by atoms with Crippen molar-refractivity contribution in [3.05, 3.63) is 29.8 Å². The molecule has 100 valence electrons. The van der Waals surface area contributed by atoms with Crippen molar-refractivity contribution in [1.82, 2.24) is 0 Å². The van der Waals surface area contributed by atoms with Crippen LogP contribution in [0.15, 0.2) is 24.3 Å². The number of rotatable bonds is 6.